The molecule has 2 aromatic carbocycles. The molecule has 0 saturated carbocycles. The average molecular weight is 465 g/mol. The van der Waals surface area contributed by atoms with Crippen LogP contribution in [0.3, 0.4) is 0 Å². The maximum absolute atomic E-state index is 13.4. The number of aryl methyl sites for hydroxylation is 1. The predicted molar refractivity (Wildman–Crippen MR) is 127 cm³/mol. The van der Waals surface area contributed by atoms with Gasteiger partial charge < -0.3 is 20.7 Å². The summed E-state index contributed by atoms with van der Waals surface area (Å²) in [5, 5.41) is 8.41. The molecule has 2 aromatic rings. The third-order valence-electron chi connectivity index (χ3n) is 5.39. The van der Waals surface area contributed by atoms with Gasteiger partial charge in [-0.15, -0.1) is 0 Å². The highest BCUT2D eigenvalue weighted by Crippen LogP contribution is 2.28. The number of carbonyl (C=O) groups is 5. The Morgan fingerprint density at radius 2 is 1.79 bits per heavy atom. The molecule has 0 radical (unpaired) electrons. The van der Waals surface area contributed by atoms with E-state index >= 15 is 0 Å². The molecule has 0 fully saturated rings. The third-order valence-corrected chi connectivity index (χ3v) is 5.39. The SMILES string of the molecule is CC(=O)C[C@@H](C=O)NC(=O)CN1C(=O)[C@@H](NC(=O)CCc2ccccc2)CNc2ccccc21. The molecule has 3 N–H and O–H groups in total. The van der Waals surface area contributed by atoms with Crippen molar-refractivity contribution in [3.8, 4) is 0 Å². The van der Waals surface area contributed by atoms with Crippen LogP contribution in [0, 0.1) is 0 Å². The van der Waals surface area contributed by atoms with Crippen LogP contribution in [0.25, 0.3) is 0 Å². The van der Waals surface area contributed by atoms with Crippen LogP contribution >= 0.6 is 0 Å². The predicted octanol–water partition coefficient (Wildman–Crippen LogP) is 1.23. The number of carbonyl (C=O) groups excluding carboxylic acids is 5. The topological polar surface area (TPSA) is 125 Å². The minimum atomic E-state index is -0.964. The third kappa shape index (κ3) is 6.74. The number of ketones is 1. The molecular formula is C25H28N4O5. The van der Waals surface area contributed by atoms with Crippen molar-refractivity contribution in [2.45, 2.75) is 38.3 Å². The summed E-state index contributed by atoms with van der Waals surface area (Å²) in [6.07, 6.45) is 1.13. The van der Waals surface area contributed by atoms with Gasteiger partial charge >= 0.3 is 0 Å². The van der Waals surface area contributed by atoms with Crippen LogP contribution in [0.4, 0.5) is 11.4 Å². The van der Waals surface area contributed by atoms with Gasteiger partial charge in [-0.05, 0) is 31.0 Å². The fraction of sp³-hybridized carbons (Fsp3) is 0.320. The van der Waals surface area contributed by atoms with Crippen LogP contribution in [-0.4, -0.2) is 55.0 Å². The fourth-order valence-electron chi connectivity index (χ4n) is 3.75. The lowest BCUT2D eigenvalue weighted by Crippen LogP contribution is -2.53. The van der Waals surface area contributed by atoms with Crippen molar-refractivity contribution in [3.63, 3.8) is 0 Å². The first-order valence-electron chi connectivity index (χ1n) is 11.1. The number of anilines is 2. The second kappa shape index (κ2) is 11.7. The smallest absolute Gasteiger partial charge is 0.251 e. The molecule has 3 rings (SSSR count). The van der Waals surface area contributed by atoms with Crippen LogP contribution in [-0.2, 0) is 30.4 Å². The summed E-state index contributed by atoms with van der Waals surface area (Å²) in [6, 6.07) is 14.7. The molecule has 1 aliphatic heterocycles. The lowest BCUT2D eigenvalue weighted by Gasteiger charge is -2.25. The van der Waals surface area contributed by atoms with Crippen LogP contribution in [0.1, 0.15) is 25.3 Å². The zero-order valence-electron chi connectivity index (χ0n) is 19.0. The lowest BCUT2D eigenvalue weighted by atomic mass is 10.1. The lowest BCUT2D eigenvalue weighted by molar-refractivity contribution is -0.128. The summed E-state index contributed by atoms with van der Waals surface area (Å²) in [5.74, 6) is -1.55. The van der Waals surface area contributed by atoms with Crippen molar-refractivity contribution in [2.75, 3.05) is 23.3 Å². The summed E-state index contributed by atoms with van der Waals surface area (Å²) < 4.78 is 0. The Morgan fingerprint density at radius 3 is 2.50 bits per heavy atom. The van der Waals surface area contributed by atoms with Crippen molar-refractivity contribution in [3.05, 3.63) is 60.2 Å². The van der Waals surface area contributed by atoms with E-state index in [1.165, 1.54) is 11.8 Å². The van der Waals surface area contributed by atoms with Crippen molar-refractivity contribution in [1.29, 1.82) is 0 Å². The number of hydrogen-bond acceptors (Lipinski definition) is 6. The largest absolute Gasteiger partial charge is 0.381 e. The van der Waals surface area contributed by atoms with Gasteiger partial charge in [0, 0.05) is 19.4 Å². The highest BCUT2D eigenvalue weighted by Gasteiger charge is 2.32. The minimum absolute atomic E-state index is 0.124. The van der Waals surface area contributed by atoms with E-state index in [4.69, 9.17) is 0 Å². The number of hydrogen-bond donors (Lipinski definition) is 3. The highest BCUT2D eigenvalue weighted by molar-refractivity contribution is 6.06. The molecule has 3 amide bonds. The Kier molecular flexibility index (Phi) is 8.50. The number of nitrogens with one attached hydrogen (secondary N) is 3. The van der Waals surface area contributed by atoms with Gasteiger partial charge in [0.15, 0.2) is 0 Å². The van der Waals surface area contributed by atoms with Gasteiger partial charge in [0.1, 0.15) is 24.7 Å². The molecule has 0 unspecified atom stereocenters. The zero-order valence-corrected chi connectivity index (χ0v) is 19.0. The normalized spacial score (nSPS) is 15.9. The standard InChI is InChI=1S/C25H28N4O5/c1-17(31)13-19(16-30)27-24(33)15-29-22-10-6-5-9-20(22)26-14-21(25(29)34)28-23(32)12-11-18-7-3-2-4-8-18/h2-10,16,19,21,26H,11-15H2,1H3,(H,27,33)(H,28,32)/t19-,21-/m0/s1. The second-order valence-electron chi connectivity index (χ2n) is 8.14. The number of benzene rings is 2. The zero-order chi connectivity index (χ0) is 24.5. The van der Waals surface area contributed by atoms with Gasteiger partial charge in [-0.2, -0.15) is 0 Å². The molecule has 34 heavy (non-hydrogen) atoms. The summed E-state index contributed by atoms with van der Waals surface area (Å²) in [7, 11) is 0. The van der Waals surface area contributed by atoms with E-state index in [-0.39, 0.29) is 37.6 Å². The average Bonchev–Trinajstić information content (AvgIpc) is 2.95. The number of Topliss-reactive ketones (excluding diaryl/α,β-unsaturated/α-hetero) is 1. The maximum Gasteiger partial charge on any atom is 0.251 e. The minimum Gasteiger partial charge on any atom is -0.381 e. The van der Waals surface area contributed by atoms with Gasteiger partial charge in [-0.3, -0.25) is 24.1 Å². The van der Waals surface area contributed by atoms with Gasteiger partial charge in [0.05, 0.1) is 17.4 Å². The number of rotatable bonds is 10. The monoisotopic (exact) mass is 464 g/mol. The number of amides is 3. The molecule has 9 heteroatoms. The van der Waals surface area contributed by atoms with Crippen molar-refractivity contribution in [2.24, 2.45) is 0 Å². The van der Waals surface area contributed by atoms with Crippen molar-refractivity contribution >= 4 is 41.2 Å². The van der Waals surface area contributed by atoms with E-state index < -0.39 is 23.9 Å². The molecule has 1 aliphatic rings. The van der Waals surface area contributed by atoms with E-state index in [9.17, 15) is 24.0 Å². The van der Waals surface area contributed by atoms with Gasteiger partial charge in [-0.25, -0.2) is 0 Å². The Hall–Kier alpha value is -4.01. The van der Waals surface area contributed by atoms with E-state index in [0.29, 0.717) is 24.1 Å². The molecule has 0 spiro atoms. The molecule has 9 nitrogen and oxygen atoms in total. The first kappa shape index (κ1) is 24.6. The molecular weight excluding hydrogens is 436 g/mol. The fourth-order valence-corrected chi connectivity index (χ4v) is 3.75. The van der Waals surface area contributed by atoms with Crippen LogP contribution in [0.15, 0.2) is 54.6 Å². The number of aldehydes is 1. The molecule has 0 aliphatic carbocycles. The Labute approximate surface area is 197 Å². The van der Waals surface area contributed by atoms with E-state index in [0.717, 1.165) is 5.56 Å². The van der Waals surface area contributed by atoms with Crippen LogP contribution in [0.5, 0.6) is 0 Å². The summed E-state index contributed by atoms with van der Waals surface area (Å²) in [4.78, 5) is 62.4. The van der Waals surface area contributed by atoms with Crippen molar-refractivity contribution in [1.82, 2.24) is 10.6 Å². The molecule has 2 atom stereocenters. The summed E-state index contributed by atoms with van der Waals surface area (Å²) >= 11 is 0. The van der Waals surface area contributed by atoms with E-state index in [2.05, 4.69) is 16.0 Å². The van der Waals surface area contributed by atoms with E-state index in [1.54, 1.807) is 24.3 Å². The molecule has 178 valence electrons. The highest BCUT2D eigenvalue weighted by atomic mass is 16.2. The quantitative estimate of drug-likeness (QED) is 0.454. The van der Waals surface area contributed by atoms with Crippen LogP contribution < -0.4 is 20.9 Å². The Bertz CT molecular complexity index is 1060. The van der Waals surface area contributed by atoms with Crippen molar-refractivity contribution < 1.29 is 24.0 Å². The summed E-state index contributed by atoms with van der Waals surface area (Å²) in [6.45, 7) is 1.12. The molecule has 1 heterocycles. The van der Waals surface area contributed by atoms with Crippen LogP contribution in [0.2, 0.25) is 0 Å². The first-order chi connectivity index (χ1) is 16.4. The van der Waals surface area contributed by atoms with E-state index in [1.807, 2.05) is 30.3 Å². The summed E-state index contributed by atoms with van der Waals surface area (Å²) in [5.41, 5.74) is 2.14. The Balaban J connectivity index is 1.70. The first-order valence-corrected chi connectivity index (χ1v) is 11.1. The second-order valence-corrected chi connectivity index (χ2v) is 8.14. The molecule has 0 aromatic heterocycles. The van der Waals surface area contributed by atoms with Gasteiger partial charge in [-0.1, -0.05) is 42.5 Å². The van der Waals surface area contributed by atoms with Gasteiger partial charge in [0.2, 0.25) is 11.8 Å². The molecule has 0 bridgehead atoms. The Morgan fingerprint density at radius 1 is 1.09 bits per heavy atom. The number of nitrogens with zero attached hydrogens (tertiary/aromatic N) is 1. The number of para-hydroxylation sites is 2. The maximum atomic E-state index is 13.4. The number of fused-ring (bicyclic) bond motifs is 1. The van der Waals surface area contributed by atoms with Gasteiger partial charge in [0.25, 0.3) is 5.91 Å². The molecule has 0 saturated heterocycles.